The molecule has 2 saturated heterocycles. The average molecular weight is 330 g/mol. The van der Waals surface area contributed by atoms with Crippen molar-refractivity contribution in [2.24, 2.45) is 0 Å². The summed E-state index contributed by atoms with van der Waals surface area (Å²) in [7, 11) is 1.53. The van der Waals surface area contributed by atoms with Gasteiger partial charge in [-0.05, 0) is 57.4 Å². The first-order valence-corrected chi connectivity index (χ1v) is 9.42. The van der Waals surface area contributed by atoms with E-state index in [0.717, 1.165) is 26.2 Å². The zero-order chi connectivity index (χ0) is 16.8. The molecule has 24 heavy (non-hydrogen) atoms. The van der Waals surface area contributed by atoms with E-state index in [-0.39, 0.29) is 18.1 Å². The van der Waals surface area contributed by atoms with E-state index in [4.69, 9.17) is 4.74 Å². The molecule has 1 aromatic rings. The molecule has 0 radical (unpaired) electrons. The van der Waals surface area contributed by atoms with E-state index in [1.807, 2.05) is 6.07 Å². The van der Waals surface area contributed by atoms with Crippen LogP contribution in [-0.4, -0.2) is 55.1 Å². The van der Waals surface area contributed by atoms with E-state index in [2.05, 4.69) is 34.1 Å². The molecule has 2 atom stereocenters. The molecule has 1 aromatic carbocycles. The Kier molecular flexibility index (Phi) is 6.27. The first-order chi connectivity index (χ1) is 11.8. The summed E-state index contributed by atoms with van der Waals surface area (Å²) in [4.78, 5) is 17.6. The van der Waals surface area contributed by atoms with Crippen molar-refractivity contribution in [1.82, 2.24) is 9.80 Å². The van der Waals surface area contributed by atoms with E-state index >= 15 is 0 Å². The molecule has 2 aliphatic heterocycles. The Morgan fingerprint density at radius 2 is 1.42 bits per heavy atom. The van der Waals surface area contributed by atoms with Crippen LogP contribution in [0.1, 0.15) is 50.1 Å². The summed E-state index contributed by atoms with van der Waals surface area (Å²) < 4.78 is 5.25. The molecule has 4 heteroatoms. The third-order valence-corrected chi connectivity index (χ3v) is 5.45. The van der Waals surface area contributed by atoms with Crippen molar-refractivity contribution in [2.45, 2.75) is 50.6 Å². The van der Waals surface area contributed by atoms with Crippen LogP contribution in [0.25, 0.3) is 0 Å². The molecule has 0 amide bonds. The van der Waals surface area contributed by atoms with Crippen molar-refractivity contribution in [3.63, 3.8) is 0 Å². The van der Waals surface area contributed by atoms with Crippen LogP contribution < -0.4 is 0 Å². The normalized spacial score (nSPS) is 22.7. The van der Waals surface area contributed by atoms with E-state index in [1.165, 1.54) is 51.2 Å². The molecule has 3 rings (SSSR count). The fourth-order valence-corrected chi connectivity index (χ4v) is 4.23. The molecule has 2 fully saturated rings. The van der Waals surface area contributed by atoms with Crippen molar-refractivity contribution in [1.29, 1.82) is 0 Å². The van der Waals surface area contributed by atoms with Gasteiger partial charge in [-0.2, -0.15) is 0 Å². The van der Waals surface area contributed by atoms with Gasteiger partial charge in [0.05, 0.1) is 13.2 Å². The summed E-state index contributed by atoms with van der Waals surface area (Å²) >= 11 is 0. The summed E-state index contributed by atoms with van der Waals surface area (Å²) in [5.74, 6) is -0.0867. The minimum Gasteiger partial charge on any atom is -0.468 e. The molecular weight excluding hydrogens is 300 g/mol. The van der Waals surface area contributed by atoms with E-state index < -0.39 is 0 Å². The van der Waals surface area contributed by atoms with Gasteiger partial charge in [0.25, 0.3) is 0 Å². The number of hydrogen-bond acceptors (Lipinski definition) is 4. The second kappa shape index (κ2) is 8.63. The summed E-state index contributed by atoms with van der Waals surface area (Å²) in [5, 5.41) is 0. The molecule has 4 nitrogen and oxygen atoms in total. The molecule has 2 heterocycles. The van der Waals surface area contributed by atoms with Gasteiger partial charge >= 0.3 is 5.97 Å². The summed E-state index contributed by atoms with van der Waals surface area (Å²) in [6.07, 6.45) is 7.35. The van der Waals surface area contributed by atoms with Gasteiger partial charge in [0.15, 0.2) is 0 Å². The zero-order valence-electron chi connectivity index (χ0n) is 14.8. The van der Waals surface area contributed by atoms with Gasteiger partial charge in [0.2, 0.25) is 0 Å². The highest BCUT2D eigenvalue weighted by Crippen LogP contribution is 2.32. The quantitative estimate of drug-likeness (QED) is 0.776. The minimum atomic E-state index is -0.198. The third-order valence-electron chi connectivity index (χ3n) is 5.45. The lowest BCUT2D eigenvalue weighted by molar-refractivity contribution is -0.151. The number of methoxy groups -OCH3 is 1. The molecule has 0 N–H and O–H groups in total. The largest absolute Gasteiger partial charge is 0.468 e. The first-order valence-electron chi connectivity index (χ1n) is 9.42. The monoisotopic (exact) mass is 330 g/mol. The molecule has 0 unspecified atom stereocenters. The van der Waals surface area contributed by atoms with Crippen LogP contribution in [0.2, 0.25) is 0 Å². The molecule has 2 aliphatic rings. The Labute approximate surface area is 145 Å². The highest BCUT2D eigenvalue weighted by atomic mass is 16.5. The van der Waals surface area contributed by atoms with E-state index in [0.29, 0.717) is 0 Å². The van der Waals surface area contributed by atoms with Crippen LogP contribution in [0.3, 0.4) is 0 Å². The maximum atomic E-state index is 12.8. The second-order valence-electron chi connectivity index (χ2n) is 7.02. The number of nitrogens with zero attached hydrogens (tertiary/aromatic N) is 2. The van der Waals surface area contributed by atoms with Crippen molar-refractivity contribution in [3.8, 4) is 0 Å². The van der Waals surface area contributed by atoms with Crippen LogP contribution >= 0.6 is 0 Å². The van der Waals surface area contributed by atoms with Gasteiger partial charge in [0, 0.05) is 0 Å². The number of benzene rings is 1. The molecular formula is C20H30N2O2. The summed E-state index contributed by atoms with van der Waals surface area (Å²) in [6.45, 7) is 4.13. The standard InChI is InChI=1S/C20H30N2O2/c1-24-20(23)19(22-15-9-4-10-16-22)18(17-11-5-2-6-12-17)21-13-7-3-8-14-21/h2,5-6,11-12,18-19H,3-4,7-10,13-16H2,1H3/t18-,19-/m0/s1. The lowest BCUT2D eigenvalue weighted by atomic mass is 9.92. The SMILES string of the molecule is COC(=O)[C@H]([C@H](c1ccccc1)N1CCCCC1)N1CCCCC1. The van der Waals surface area contributed by atoms with Gasteiger partial charge < -0.3 is 4.74 Å². The third kappa shape index (κ3) is 3.98. The lowest BCUT2D eigenvalue weighted by Crippen LogP contribution is -2.53. The Morgan fingerprint density at radius 1 is 0.875 bits per heavy atom. The highest BCUT2D eigenvalue weighted by Gasteiger charge is 2.39. The number of carbonyl (C=O) groups is 1. The number of ether oxygens (including phenoxy) is 1. The van der Waals surface area contributed by atoms with E-state index in [9.17, 15) is 4.79 Å². The number of esters is 1. The van der Waals surface area contributed by atoms with Gasteiger partial charge in [0.1, 0.15) is 6.04 Å². The van der Waals surface area contributed by atoms with Crippen molar-refractivity contribution < 1.29 is 9.53 Å². The highest BCUT2D eigenvalue weighted by molar-refractivity contribution is 5.77. The number of hydrogen-bond donors (Lipinski definition) is 0. The average Bonchev–Trinajstić information content (AvgIpc) is 2.67. The smallest absolute Gasteiger partial charge is 0.325 e. The number of rotatable bonds is 5. The lowest BCUT2D eigenvalue weighted by Gasteiger charge is -2.43. The topological polar surface area (TPSA) is 32.8 Å². The van der Waals surface area contributed by atoms with Crippen molar-refractivity contribution in [3.05, 3.63) is 35.9 Å². The fraction of sp³-hybridized carbons (Fsp3) is 0.650. The van der Waals surface area contributed by atoms with Gasteiger partial charge in [-0.25, -0.2) is 0 Å². The maximum Gasteiger partial charge on any atom is 0.325 e. The first kappa shape index (κ1) is 17.4. The second-order valence-corrected chi connectivity index (χ2v) is 7.02. The van der Waals surface area contributed by atoms with Crippen molar-refractivity contribution in [2.75, 3.05) is 33.3 Å². The Hall–Kier alpha value is -1.39. The minimum absolute atomic E-state index is 0.0867. The van der Waals surface area contributed by atoms with Crippen LogP contribution in [0.4, 0.5) is 0 Å². The molecule has 0 aromatic heterocycles. The molecule has 0 saturated carbocycles. The van der Waals surface area contributed by atoms with Crippen LogP contribution in [0.15, 0.2) is 30.3 Å². The van der Waals surface area contributed by atoms with Crippen molar-refractivity contribution >= 4 is 5.97 Å². The number of carbonyl (C=O) groups excluding carboxylic acids is 1. The zero-order valence-corrected chi connectivity index (χ0v) is 14.8. The van der Waals surface area contributed by atoms with Crippen LogP contribution in [-0.2, 0) is 9.53 Å². The van der Waals surface area contributed by atoms with Gasteiger partial charge in [-0.15, -0.1) is 0 Å². The van der Waals surface area contributed by atoms with E-state index in [1.54, 1.807) is 0 Å². The Morgan fingerprint density at radius 3 is 1.96 bits per heavy atom. The summed E-state index contributed by atoms with van der Waals surface area (Å²) in [6, 6.07) is 10.4. The Bertz CT molecular complexity index is 508. The van der Waals surface area contributed by atoms with Gasteiger partial charge in [-0.1, -0.05) is 43.2 Å². The molecule has 0 bridgehead atoms. The number of likely N-dealkylation sites (tertiary alicyclic amines) is 2. The number of piperidine rings is 2. The predicted octanol–water partition coefficient (Wildman–Crippen LogP) is 3.24. The van der Waals surface area contributed by atoms with Crippen LogP contribution in [0, 0.1) is 0 Å². The predicted molar refractivity (Wildman–Crippen MR) is 95.8 cm³/mol. The van der Waals surface area contributed by atoms with Gasteiger partial charge in [-0.3, -0.25) is 14.6 Å². The maximum absolute atomic E-state index is 12.8. The Balaban J connectivity index is 1.94. The fourth-order valence-electron chi connectivity index (χ4n) is 4.23. The molecule has 0 spiro atoms. The molecule has 0 aliphatic carbocycles. The molecule has 132 valence electrons. The summed E-state index contributed by atoms with van der Waals surface area (Å²) in [5.41, 5.74) is 1.24. The van der Waals surface area contributed by atoms with Crippen LogP contribution in [0.5, 0.6) is 0 Å².